The average Bonchev–Trinajstić information content (AvgIpc) is 3.41. The van der Waals surface area contributed by atoms with Crippen molar-refractivity contribution in [2.24, 2.45) is 0 Å². The first-order valence-electron chi connectivity index (χ1n) is 11.0. The topological polar surface area (TPSA) is 71.6 Å². The number of hydrogen-bond acceptors (Lipinski definition) is 5. The van der Waals surface area contributed by atoms with Crippen molar-refractivity contribution in [2.75, 3.05) is 24.2 Å². The van der Waals surface area contributed by atoms with E-state index < -0.39 is 6.04 Å². The quantitative estimate of drug-likeness (QED) is 0.422. The molecule has 1 atom stereocenters. The van der Waals surface area contributed by atoms with Gasteiger partial charge in [0, 0.05) is 35.2 Å². The second kappa shape index (κ2) is 8.21. The van der Waals surface area contributed by atoms with Gasteiger partial charge in [-0.25, -0.2) is 4.68 Å². The molecule has 34 heavy (non-hydrogen) atoms. The van der Waals surface area contributed by atoms with Gasteiger partial charge in [0.25, 0.3) is 5.91 Å². The SMILES string of the molecule is CN1C(=O)[C@H](N2CCc3c(nn(Cc4ccccc4)c3Cl)C2=O)CSc2cc3occc3cc21. The lowest BCUT2D eigenvalue weighted by molar-refractivity contribution is -0.122. The number of benzene rings is 2. The third-order valence-corrected chi connectivity index (χ3v) is 8.05. The van der Waals surface area contributed by atoms with Crippen molar-refractivity contribution < 1.29 is 14.0 Å². The van der Waals surface area contributed by atoms with Gasteiger partial charge in [0.05, 0.1) is 18.5 Å². The molecule has 0 bridgehead atoms. The molecule has 9 heteroatoms. The van der Waals surface area contributed by atoms with E-state index in [1.807, 2.05) is 48.5 Å². The molecule has 0 spiro atoms. The second-order valence-corrected chi connectivity index (χ2v) is 9.93. The Morgan fingerprint density at radius 2 is 2.00 bits per heavy atom. The number of furan rings is 1. The van der Waals surface area contributed by atoms with Crippen molar-refractivity contribution in [3.05, 3.63) is 76.8 Å². The number of anilines is 1. The number of amides is 2. The van der Waals surface area contributed by atoms with E-state index in [9.17, 15) is 9.59 Å². The van der Waals surface area contributed by atoms with Crippen LogP contribution in [0.4, 0.5) is 5.69 Å². The Kier molecular flexibility index (Phi) is 5.15. The Balaban J connectivity index is 1.29. The van der Waals surface area contributed by atoms with E-state index in [4.69, 9.17) is 16.0 Å². The molecule has 7 nitrogen and oxygen atoms in total. The van der Waals surface area contributed by atoms with Crippen molar-refractivity contribution in [2.45, 2.75) is 23.9 Å². The number of likely N-dealkylation sites (N-methyl/N-ethyl adjacent to an activating group) is 1. The molecule has 2 aromatic carbocycles. The van der Waals surface area contributed by atoms with E-state index in [0.717, 1.165) is 32.7 Å². The van der Waals surface area contributed by atoms with Crippen LogP contribution < -0.4 is 4.90 Å². The normalized spacial score (nSPS) is 18.2. The highest BCUT2D eigenvalue weighted by Crippen LogP contribution is 2.39. The Labute approximate surface area is 205 Å². The molecule has 4 heterocycles. The summed E-state index contributed by atoms with van der Waals surface area (Å²) in [6, 6.07) is 15.1. The molecule has 0 aliphatic carbocycles. The summed E-state index contributed by atoms with van der Waals surface area (Å²) in [6.45, 7) is 0.906. The summed E-state index contributed by atoms with van der Waals surface area (Å²) >= 11 is 8.17. The number of aromatic nitrogens is 2. The van der Waals surface area contributed by atoms with Crippen LogP contribution in [0, 0.1) is 0 Å². The largest absolute Gasteiger partial charge is 0.464 e. The van der Waals surface area contributed by atoms with Crippen molar-refractivity contribution in [3.8, 4) is 0 Å². The van der Waals surface area contributed by atoms with Gasteiger partial charge in [-0.15, -0.1) is 11.8 Å². The zero-order valence-corrected chi connectivity index (χ0v) is 20.0. The molecular weight excluding hydrogens is 472 g/mol. The lowest BCUT2D eigenvalue weighted by atomic mass is 10.0. The third-order valence-electron chi connectivity index (χ3n) is 6.51. The lowest BCUT2D eigenvalue weighted by Crippen LogP contribution is -2.53. The van der Waals surface area contributed by atoms with Gasteiger partial charge in [0.15, 0.2) is 5.69 Å². The number of halogens is 1. The standard InChI is InChI=1S/C25H21ClN4O3S/c1-28-18-11-16-8-10-33-20(16)12-21(18)34-14-19(24(28)31)29-9-7-17-22(25(29)32)27-30(23(17)26)13-15-5-3-2-4-6-15/h2-6,8,10-12,19H,7,9,13-14H2,1H3/t19-/m1/s1. The van der Waals surface area contributed by atoms with Crippen LogP contribution in [0.2, 0.25) is 5.15 Å². The minimum Gasteiger partial charge on any atom is -0.464 e. The summed E-state index contributed by atoms with van der Waals surface area (Å²) in [6.07, 6.45) is 2.21. The van der Waals surface area contributed by atoms with E-state index >= 15 is 0 Å². The summed E-state index contributed by atoms with van der Waals surface area (Å²) in [5, 5.41) is 5.98. The molecular formula is C25H21ClN4O3S. The van der Waals surface area contributed by atoms with Gasteiger partial charge >= 0.3 is 0 Å². The maximum absolute atomic E-state index is 13.5. The number of carbonyl (C=O) groups is 2. The summed E-state index contributed by atoms with van der Waals surface area (Å²) < 4.78 is 7.21. The molecule has 172 valence electrons. The molecule has 0 unspecified atom stereocenters. The molecule has 0 fully saturated rings. The van der Waals surface area contributed by atoms with E-state index in [2.05, 4.69) is 5.10 Å². The first-order chi connectivity index (χ1) is 16.5. The number of nitrogens with zero attached hydrogens (tertiary/aromatic N) is 4. The zero-order valence-electron chi connectivity index (χ0n) is 18.4. The fraction of sp³-hybridized carbons (Fsp3) is 0.240. The van der Waals surface area contributed by atoms with E-state index in [-0.39, 0.29) is 11.8 Å². The Bertz CT molecular complexity index is 1430. The van der Waals surface area contributed by atoms with Gasteiger partial charge in [0.1, 0.15) is 16.8 Å². The smallest absolute Gasteiger partial charge is 0.275 e. The van der Waals surface area contributed by atoms with E-state index in [1.54, 1.807) is 39.6 Å². The molecule has 4 aromatic rings. The van der Waals surface area contributed by atoms with Crippen LogP contribution >= 0.6 is 23.4 Å². The van der Waals surface area contributed by atoms with Gasteiger partial charge in [-0.3, -0.25) is 9.59 Å². The molecule has 2 amide bonds. The predicted molar refractivity (Wildman–Crippen MR) is 132 cm³/mol. The summed E-state index contributed by atoms with van der Waals surface area (Å²) in [7, 11) is 1.76. The molecule has 2 aliphatic heterocycles. The fourth-order valence-electron chi connectivity index (χ4n) is 4.66. The second-order valence-electron chi connectivity index (χ2n) is 8.51. The Morgan fingerprint density at radius 3 is 2.82 bits per heavy atom. The van der Waals surface area contributed by atoms with Crippen LogP contribution in [0.25, 0.3) is 11.0 Å². The van der Waals surface area contributed by atoms with Gasteiger partial charge in [0.2, 0.25) is 5.91 Å². The number of hydrogen-bond donors (Lipinski definition) is 0. The van der Waals surface area contributed by atoms with Gasteiger partial charge in [-0.1, -0.05) is 41.9 Å². The number of thioether (sulfide) groups is 1. The van der Waals surface area contributed by atoms with Gasteiger partial charge in [-0.2, -0.15) is 5.10 Å². The number of rotatable bonds is 3. The van der Waals surface area contributed by atoms with E-state index in [1.165, 1.54) is 0 Å². The van der Waals surface area contributed by atoms with Crippen LogP contribution in [0.1, 0.15) is 21.6 Å². The van der Waals surface area contributed by atoms with Crippen molar-refractivity contribution in [1.82, 2.24) is 14.7 Å². The number of carbonyl (C=O) groups excluding carboxylic acids is 2. The minimum absolute atomic E-state index is 0.110. The third kappa shape index (κ3) is 3.40. The van der Waals surface area contributed by atoms with Crippen molar-refractivity contribution >= 4 is 51.8 Å². The number of fused-ring (bicyclic) bond motifs is 3. The molecule has 0 saturated heterocycles. The van der Waals surface area contributed by atoms with Gasteiger partial charge in [-0.05, 0) is 30.2 Å². The maximum Gasteiger partial charge on any atom is 0.275 e. The van der Waals surface area contributed by atoms with Crippen LogP contribution in [0.15, 0.2) is 64.1 Å². The van der Waals surface area contributed by atoms with Crippen molar-refractivity contribution in [3.63, 3.8) is 0 Å². The maximum atomic E-state index is 13.5. The average molecular weight is 493 g/mol. The molecule has 0 radical (unpaired) electrons. The van der Waals surface area contributed by atoms with Crippen LogP contribution in [-0.2, 0) is 17.8 Å². The molecule has 6 rings (SSSR count). The van der Waals surface area contributed by atoms with Crippen LogP contribution in [0.5, 0.6) is 0 Å². The predicted octanol–water partition coefficient (Wildman–Crippen LogP) is 4.47. The van der Waals surface area contributed by atoms with Crippen molar-refractivity contribution in [1.29, 1.82) is 0 Å². The monoisotopic (exact) mass is 492 g/mol. The first kappa shape index (κ1) is 21.3. The lowest BCUT2D eigenvalue weighted by Gasteiger charge is -2.33. The van der Waals surface area contributed by atoms with Crippen LogP contribution in [-0.4, -0.2) is 51.9 Å². The van der Waals surface area contributed by atoms with Gasteiger partial charge < -0.3 is 14.2 Å². The summed E-state index contributed by atoms with van der Waals surface area (Å²) in [5.74, 6) is 0.102. The molecule has 0 saturated carbocycles. The minimum atomic E-state index is -0.590. The molecule has 2 aliphatic rings. The Hall–Kier alpha value is -3.23. The highest BCUT2D eigenvalue weighted by Gasteiger charge is 2.40. The highest BCUT2D eigenvalue weighted by atomic mass is 35.5. The summed E-state index contributed by atoms with van der Waals surface area (Å²) in [5.41, 5.74) is 3.75. The highest BCUT2D eigenvalue weighted by molar-refractivity contribution is 7.99. The molecule has 0 N–H and O–H groups in total. The van der Waals surface area contributed by atoms with Crippen LogP contribution in [0.3, 0.4) is 0 Å². The van der Waals surface area contributed by atoms with E-state index in [0.29, 0.717) is 36.1 Å². The molecule has 2 aromatic heterocycles. The summed E-state index contributed by atoms with van der Waals surface area (Å²) in [4.78, 5) is 31.3. The fourth-order valence-corrected chi connectivity index (χ4v) is 6.14. The Morgan fingerprint density at radius 1 is 1.18 bits per heavy atom. The first-order valence-corrected chi connectivity index (χ1v) is 12.4. The zero-order chi connectivity index (χ0) is 23.4.